The molecule has 0 spiro atoms. The number of rotatable bonds is 7. The van der Waals surface area contributed by atoms with Gasteiger partial charge < -0.3 is 15.8 Å². The number of hydrogen-bond acceptors (Lipinski definition) is 7. The maximum atomic E-state index is 12.2. The molecule has 3 N–H and O–H groups in total. The number of amides is 2. The molecule has 28 heavy (non-hydrogen) atoms. The van der Waals surface area contributed by atoms with Crippen LogP contribution in [-0.2, 0) is 20.7 Å². The monoisotopic (exact) mass is 415 g/mol. The first-order valence-electron chi connectivity index (χ1n) is 8.31. The van der Waals surface area contributed by atoms with Crippen molar-refractivity contribution < 1.29 is 19.1 Å². The number of carbonyl (C=O) groups excluding carboxylic acids is 3. The molecular formula is C19H17N3O4S2. The van der Waals surface area contributed by atoms with Crippen LogP contribution in [0.15, 0.2) is 47.2 Å². The molecule has 144 valence electrons. The first-order chi connectivity index (χ1) is 13.4. The molecule has 0 fully saturated rings. The molecule has 0 saturated carbocycles. The van der Waals surface area contributed by atoms with Gasteiger partial charge in [0, 0.05) is 16.6 Å². The number of thiazole rings is 1. The number of nitrogens with two attached hydrogens (primary N) is 1. The summed E-state index contributed by atoms with van der Waals surface area (Å²) >= 11 is 3.04. The number of anilines is 1. The van der Waals surface area contributed by atoms with Gasteiger partial charge in [0.1, 0.15) is 5.01 Å². The highest BCUT2D eigenvalue weighted by Gasteiger charge is 2.19. The Kier molecular flexibility index (Phi) is 6.17. The molecule has 0 bridgehead atoms. The summed E-state index contributed by atoms with van der Waals surface area (Å²) in [6, 6.07) is 10.0. The predicted molar refractivity (Wildman–Crippen MR) is 108 cm³/mol. The van der Waals surface area contributed by atoms with E-state index >= 15 is 0 Å². The van der Waals surface area contributed by atoms with Gasteiger partial charge in [-0.3, -0.25) is 14.4 Å². The van der Waals surface area contributed by atoms with Crippen LogP contribution >= 0.6 is 22.7 Å². The molecule has 0 saturated heterocycles. The van der Waals surface area contributed by atoms with Crippen LogP contribution < -0.4 is 11.1 Å². The van der Waals surface area contributed by atoms with E-state index in [1.54, 1.807) is 28.8 Å². The molecule has 2 aromatic heterocycles. The summed E-state index contributed by atoms with van der Waals surface area (Å²) in [6.07, 6.45) is -0.981. The minimum Gasteiger partial charge on any atom is -0.452 e. The Hall–Kier alpha value is -3.04. The van der Waals surface area contributed by atoms with Gasteiger partial charge in [-0.2, -0.15) is 0 Å². The SMILES string of the molecule is C[C@H](OC(=O)Cc1csc(-c2cccs2)n1)C(=O)Nc1ccc(C(N)=O)cc1. The quantitative estimate of drug-likeness (QED) is 0.576. The standard InChI is InChI=1S/C19H17N3O4S2/c1-11(18(25)21-13-6-4-12(5-7-13)17(20)24)26-16(23)9-14-10-28-19(22-14)15-3-2-8-27-15/h2-8,10-11H,9H2,1H3,(H2,20,24)(H,21,25)/t11-/m0/s1. The Morgan fingerprint density at radius 1 is 1.18 bits per heavy atom. The number of primary amides is 1. The highest BCUT2D eigenvalue weighted by Crippen LogP contribution is 2.28. The molecule has 9 heteroatoms. The second-order valence-electron chi connectivity index (χ2n) is 5.86. The summed E-state index contributed by atoms with van der Waals surface area (Å²) in [4.78, 5) is 40.8. The lowest BCUT2D eigenvalue weighted by Gasteiger charge is -2.13. The fourth-order valence-electron chi connectivity index (χ4n) is 2.30. The van der Waals surface area contributed by atoms with Crippen LogP contribution in [0.4, 0.5) is 5.69 Å². The minimum atomic E-state index is -0.973. The van der Waals surface area contributed by atoms with E-state index in [1.807, 2.05) is 17.5 Å². The van der Waals surface area contributed by atoms with Crippen molar-refractivity contribution in [2.45, 2.75) is 19.4 Å². The first kappa shape index (κ1) is 19.7. The van der Waals surface area contributed by atoms with E-state index in [0.717, 1.165) is 9.88 Å². The lowest BCUT2D eigenvalue weighted by Crippen LogP contribution is -2.30. The lowest BCUT2D eigenvalue weighted by atomic mass is 10.2. The van der Waals surface area contributed by atoms with E-state index in [0.29, 0.717) is 16.9 Å². The van der Waals surface area contributed by atoms with Crippen molar-refractivity contribution in [1.29, 1.82) is 0 Å². The zero-order valence-corrected chi connectivity index (χ0v) is 16.5. The molecule has 2 heterocycles. The molecule has 1 aromatic carbocycles. The van der Waals surface area contributed by atoms with Crippen LogP contribution in [0.25, 0.3) is 9.88 Å². The second-order valence-corrected chi connectivity index (χ2v) is 7.67. The fourth-order valence-corrected chi connectivity index (χ4v) is 3.94. The number of thiophene rings is 1. The highest BCUT2D eigenvalue weighted by atomic mass is 32.1. The summed E-state index contributed by atoms with van der Waals surface area (Å²) in [5.74, 6) is -1.56. The van der Waals surface area contributed by atoms with Gasteiger partial charge in [-0.05, 0) is 42.6 Å². The molecule has 1 atom stereocenters. The topological polar surface area (TPSA) is 111 Å². The molecule has 0 radical (unpaired) electrons. The molecule has 0 aliphatic heterocycles. The maximum Gasteiger partial charge on any atom is 0.312 e. The average Bonchev–Trinajstić information content (AvgIpc) is 3.33. The Bertz CT molecular complexity index is 981. The number of hydrogen-bond donors (Lipinski definition) is 2. The number of carbonyl (C=O) groups is 3. The van der Waals surface area contributed by atoms with Crippen molar-refractivity contribution in [3.63, 3.8) is 0 Å². The van der Waals surface area contributed by atoms with Crippen molar-refractivity contribution in [1.82, 2.24) is 4.98 Å². The summed E-state index contributed by atoms with van der Waals surface area (Å²) in [5, 5.41) is 7.24. The average molecular weight is 415 g/mol. The normalized spacial score (nSPS) is 11.6. The van der Waals surface area contributed by atoms with E-state index < -0.39 is 23.9 Å². The molecular weight excluding hydrogens is 398 g/mol. The van der Waals surface area contributed by atoms with Crippen molar-refractivity contribution in [3.8, 4) is 9.88 Å². The second kappa shape index (κ2) is 8.77. The maximum absolute atomic E-state index is 12.2. The van der Waals surface area contributed by atoms with Gasteiger partial charge >= 0.3 is 5.97 Å². The highest BCUT2D eigenvalue weighted by molar-refractivity contribution is 7.20. The van der Waals surface area contributed by atoms with Gasteiger partial charge in [-0.15, -0.1) is 22.7 Å². The zero-order chi connectivity index (χ0) is 20.1. The van der Waals surface area contributed by atoms with Crippen LogP contribution in [-0.4, -0.2) is 28.9 Å². The molecule has 0 aliphatic carbocycles. The summed E-state index contributed by atoms with van der Waals surface area (Å²) < 4.78 is 5.19. The number of ether oxygens (including phenoxy) is 1. The molecule has 0 aliphatic rings. The molecule has 3 rings (SSSR count). The van der Waals surface area contributed by atoms with Crippen molar-refractivity contribution in [2.24, 2.45) is 5.73 Å². The molecule has 7 nitrogen and oxygen atoms in total. The zero-order valence-electron chi connectivity index (χ0n) is 14.9. The summed E-state index contributed by atoms with van der Waals surface area (Å²) in [5.41, 5.74) is 6.58. The first-order valence-corrected chi connectivity index (χ1v) is 10.1. The number of nitrogens with zero attached hydrogens (tertiary/aromatic N) is 1. The van der Waals surface area contributed by atoms with Crippen LogP contribution in [0.3, 0.4) is 0 Å². The Morgan fingerprint density at radius 3 is 2.57 bits per heavy atom. The van der Waals surface area contributed by atoms with Gasteiger partial charge in [-0.25, -0.2) is 4.98 Å². The van der Waals surface area contributed by atoms with Crippen molar-refractivity contribution in [2.75, 3.05) is 5.32 Å². The minimum absolute atomic E-state index is 0.00714. The van der Waals surface area contributed by atoms with E-state index in [-0.39, 0.29) is 6.42 Å². The van der Waals surface area contributed by atoms with Crippen molar-refractivity contribution >= 4 is 46.1 Å². The van der Waals surface area contributed by atoms with E-state index in [2.05, 4.69) is 10.3 Å². The van der Waals surface area contributed by atoms with E-state index in [1.165, 1.54) is 30.4 Å². The largest absolute Gasteiger partial charge is 0.452 e. The third-order valence-electron chi connectivity index (χ3n) is 3.72. The summed E-state index contributed by atoms with van der Waals surface area (Å²) in [6.45, 7) is 1.49. The number of aromatic nitrogens is 1. The third kappa shape index (κ3) is 5.02. The fraction of sp³-hybridized carbons (Fsp3) is 0.158. The van der Waals surface area contributed by atoms with Gasteiger partial charge in [0.2, 0.25) is 5.91 Å². The van der Waals surface area contributed by atoms with Crippen LogP contribution in [0.5, 0.6) is 0 Å². The van der Waals surface area contributed by atoms with Crippen molar-refractivity contribution in [3.05, 3.63) is 58.4 Å². The molecule has 2 amide bonds. The Balaban J connectivity index is 1.52. The lowest BCUT2D eigenvalue weighted by molar-refractivity contribution is -0.152. The van der Waals surface area contributed by atoms with Crippen LogP contribution in [0, 0.1) is 0 Å². The third-order valence-corrected chi connectivity index (χ3v) is 5.65. The summed E-state index contributed by atoms with van der Waals surface area (Å²) in [7, 11) is 0. The van der Waals surface area contributed by atoms with Gasteiger partial charge in [0.25, 0.3) is 5.91 Å². The smallest absolute Gasteiger partial charge is 0.312 e. The number of benzene rings is 1. The number of esters is 1. The number of nitrogens with one attached hydrogen (secondary N) is 1. The van der Waals surface area contributed by atoms with Crippen LogP contribution in [0.1, 0.15) is 23.0 Å². The van der Waals surface area contributed by atoms with E-state index in [9.17, 15) is 14.4 Å². The molecule has 3 aromatic rings. The van der Waals surface area contributed by atoms with Gasteiger partial charge in [0.15, 0.2) is 6.10 Å². The Labute approximate surface area is 169 Å². The Morgan fingerprint density at radius 2 is 1.93 bits per heavy atom. The van der Waals surface area contributed by atoms with Crippen LogP contribution in [0.2, 0.25) is 0 Å². The molecule has 0 unspecified atom stereocenters. The van der Waals surface area contributed by atoms with Gasteiger partial charge in [-0.1, -0.05) is 6.07 Å². The van der Waals surface area contributed by atoms with E-state index in [4.69, 9.17) is 10.5 Å². The predicted octanol–water partition coefficient (Wildman–Crippen LogP) is 3.08. The van der Waals surface area contributed by atoms with Gasteiger partial charge in [0.05, 0.1) is 17.0 Å².